The van der Waals surface area contributed by atoms with Gasteiger partial charge in [0.1, 0.15) is 28.8 Å². The summed E-state index contributed by atoms with van der Waals surface area (Å²) in [6.45, 7) is 8.46. The molecular weight excluding hydrogens is 485 g/mol. The number of nitrogens with zero attached hydrogens (tertiary/aromatic N) is 5. The van der Waals surface area contributed by atoms with Crippen LogP contribution in [0.15, 0.2) is 47.7 Å². The van der Waals surface area contributed by atoms with Crippen molar-refractivity contribution in [3.8, 4) is 22.8 Å². The summed E-state index contributed by atoms with van der Waals surface area (Å²) in [6.07, 6.45) is 4.32. The van der Waals surface area contributed by atoms with E-state index in [4.69, 9.17) is 16.3 Å². The molecule has 36 heavy (non-hydrogen) atoms. The Morgan fingerprint density at radius 2 is 1.81 bits per heavy atom. The average Bonchev–Trinajstić information content (AvgIpc) is 2.83. The summed E-state index contributed by atoms with van der Waals surface area (Å²) in [5, 5.41) is 10.2. The van der Waals surface area contributed by atoms with Crippen molar-refractivity contribution in [3.63, 3.8) is 0 Å². The fraction of sp³-hybridized carbons (Fsp3) is 0.269. The molecule has 0 aliphatic heterocycles. The second-order valence-corrected chi connectivity index (χ2v) is 9.38. The average molecular weight is 510 g/mol. The Bertz CT molecular complexity index is 1510. The van der Waals surface area contributed by atoms with E-state index >= 15 is 0 Å². The number of pyridine rings is 3. The molecule has 4 rings (SSSR count). The van der Waals surface area contributed by atoms with Crippen LogP contribution in [0.5, 0.6) is 5.75 Å². The third-order valence-corrected chi connectivity index (χ3v) is 5.91. The highest BCUT2D eigenvalue weighted by Gasteiger charge is 2.21. The van der Waals surface area contributed by atoms with E-state index in [9.17, 15) is 14.3 Å². The third kappa shape index (κ3) is 5.12. The van der Waals surface area contributed by atoms with Crippen LogP contribution < -0.4 is 10.3 Å². The van der Waals surface area contributed by atoms with Gasteiger partial charge in [-0.25, -0.2) is 14.4 Å². The summed E-state index contributed by atoms with van der Waals surface area (Å²) >= 11 is 6.42. The van der Waals surface area contributed by atoms with Gasteiger partial charge in [0, 0.05) is 24.2 Å². The van der Waals surface area contributed by atoms with Crippen LogP contribution in [-0.2, 0) is 12.2 Å². The van der Waals surface area contributed by atoms with E-state index in [1.54, 1.807) is 64.4 Å². The van der Waals surface area contributed by atoms with Gasteiger partial charge in [0.25, 0.3) is 5.56 Å². The van der Waals surface area contributed by atoms with E-state index in [1.807, 2.05) is 6.92 Å². The molecule has 0 spiro atoms. The number of hydrogen-bond donors (Lipinski definition) is 1. The molecule has 8 nitrogen and oxygen atoms in total. The third-order valence-electron chi connectivity index (χ3n) is 5.56. The lowest BCUT2D eigenvalue weighted by Gasteiger charge is -2.17. The minimum absolute atomic E-state index is 0.0272. The molecule has 4 aromatic heterocycles. The van der Waals surface area contributed by atoms with E-state index in [1.165, 1.54) is 4.57 Å². The van der Waals surface area contributed by atoms with Gasteiger partial charge in [-0.1, -0.05) is 11.6 Å². The predicted octanol–water partition coefficient (Wildman–Crippen LogP) is 4.61. The number of aliphatic hydroxyl groups is 1. The van der Waals surface area contributed by atoms with Crippen molar-refractivity contribution in [2.45, 2.75) is 46.8 Å². The van der Waals surface area contributed by atoms with Crippen LogP contribution in [0.3, 0.4) is 0 Å². The predicted molar refractivity (Wildman–Crippen MR) is 134 cm³/mol. The number of aromatic nitrogens is 5. The molecule has 1 N–H and O–H groups in total. The topological polar surface area (TPSA) is 103 Å². The van der Waals surface area contributed by atoms with E-state index in [-0.39, 0.29) is 23.2 Å². The Morgan fingerprint density at radius 3 is 2.50 bits per heavy atom. The molecule has 0 atom stereocenters. The second-order valence-electron chi connectivity index (χ2n) is 9.00. The molecule has 0 aliphatic carbocycles. The second kappa shape index (κ2) is 9.75. The minimum atomic E-state index is -1.22. The van der Waals surface area contributed by atoms with E-state index in [0.717, 1.165) is 11.8 Å². The van der Waals surface area contributed by atoms with Crippen molar-refractivity contribution < 1.29 is 14.2 Å². The van der Waals surface area contributed by atoms with Crippen molar-refractivity contribution in [1.29, 1.82) is 0 Å². The smallest absolute Gasteiger partial charge is 0.277 e. The first-order valence-electron chi connectivity index (χ1n) is 11.1. The normalized spacial score (nSPS) is 11.6. The van der Waals surface area contributed by atoms with E-state index in [0.29, 0.717) is 34.0 Å². The molecule has 0 unspecified atom stereocenters. The molecule has 0 saturated carbocycles. The number of halogens is 2. The molecule has 0 aliphatic rings. The van der Waals surface area contributed by atoms with Gasteiger partial charge in [0.15, 0.2) is 5.82 Å². The van der Waals surface area contributed by atoms with Crippen LogP contribution in [0.2, 0.25) is 5.02 Å². The lowest BCUT2D eigenvalue weighted by Crippen LogP contribution is -2.23. The zero-order chi connectivity index (χ0) is 26.2. The summed E-state index contributed by atoms with van der Waals surface area (Å²) in [7, 11) is 0. The fourth-order valence-corrected chi connectivity index (χ4v) is 3.80. The van der Waals surface area contributed by atoms with Crippen LogP contribution in [0.1, 0.15) is 42.2 Å². The van der Waals surface area contributed by atoms with E-state index in [2.05, 4.69) is 19.9 Å². The van der Waals surface area contributed by atoms with Gasteiger partial charge in [0.2, 0.25) is 0 Å². The van der Waals surface area contributed by atoms with Gasteiger partial charge < -0.3 is 9.84 Å². The van der Waals surface area contributed by atoms with Crippen molar-refractivity contribution in [3.05, 3.63) is 92.4 Å². The Labute approximate surface area is 212 Å². The first-order chi connectivity index (χ1) is 17.0. The van der Waals surface area contributed by atoms with Gasteiger partial charge in [-0.2, -0.15) is 0 Å². The van der Waals surface area contributed by atoms with Crippen LogP contribution in [0.4, 0.5) is 4.39 Å². The van der Waals surface area contributed by atoms with Crippen molar-refractivity contribution in [1.82, 2.24) is 24.5 Å². The molecule has 0 radical (unpaired) electrons. The first kappa shape index (κ1) is 25.4. The zero-order valence-corrected chi connectivity index (χ0v) is 21.3. The molecule has 10 heteroatoms. The van der Waals surface area contributed by atoms with Crippen molar-refractivity contribution in [2.75, 3.05) is 0 Å². The molecule has 0 fully saturated rings. The van der Waals surface area contributed by atoms with Gasteiger partial charge in [-0.15, -0.1) is 0 Å². The highest BCUT2D eigenvalue weighted by molar-refractivity contribution is 6.31. The van der Waals surface area contributed by atoms with Gasteiger partial charge in [-0.3, -0.25) is 19.3 Å². The first-order valence-corrected chi connectivity index (χ1v) is 11.5. The van der Waals surface area contributed by atoms with Gasteiger partial charge >= 0.3 is 0 Å². The molecule has 4 aromatic rings. The molecule has 0 amide bonds. The standard InChI is InChI=1S/C26H25ClFN5O3/c1-14-8-17(30-12-18(14)28)13-36-22-9-16(3)33(24(34)23(22)27)21-10-20(31-11-15(21)2)19-6-7-29-25(32-19)26(4,5)35/h6-12,35H,13H2,1-5H3. The number of hydrogen-bond acceptors (Lipinski definition) is 7. The van der Waals surface area contributed by atoms with Crippen LogP contribution in [0.25, 0.3) is 17.1 Å². The maximum absolute atomic E-state index is 13.5. The summed E-state index contributed by atoms with van der Waals surface area (Å²) in [6, 6.07) is 6.66. The number of ether oxygens (including phenoxy) is 1. The van der Waals surface area contributed by atoms with Crippen molar-refractivity contribution >= 4 is 11.6 Å². The molecule has 0 aromatic carbocycles. The SMILES string of the molecule is Cc1cc(COc2cc(C)n(-c3cc(-c4ccnc(C(C)(C)O)n4)ncc3C)c(=O)c2Cl)ncc1F. The van der Waals surface area contributed by atoms with Crippen LogP contribution in [0, 0.1) is 26.6 Å². The molecule has 186 valence electrons. The lowest BCUT2D eigenvalue weighted by molar-refractivity contribution is 0.0688. The maximum atomic E-state index is 13.5. The molecule has 0 saturated heterocycles. The molecule has 0 bridgehead atoms. The highest BCUT2D eigenvalue weighted by atomic mass is 35.5. The molecule has 4 heterocycles. The Balaban J connectivity index is 1.71. The minimum Gasteiger partial charge on any atom is -0.485 e. The molecular formula is C26H25ClFN5O3. The van der Waals surface area contributed by atoms with E-state index < -0.39 is 17.0 Å². The lowest BCUT2D eigenvalue weighted by atomic mass is 10.1. The van der Waals surface area contributed by atoms with Crippen molar-refractivity contribution in [2.24, 2.45) is 0 Å². The largest absolute Gasteiger partial charge is 0.485 e. The Hall–Kier alpha value is -3.69. The summed E-state index contributed by atoms with van der Waals surface area (Å²) in [5.74, 6) is 0.0602. The highest BCUT2D eigenvalue weighted by Crippen LogP contribution is 2.27. The maximum Gasteiger partial charge on any atom is 0.277 e. The van der Waals surface area contributed by atoms with Crippen LogP contribution in [-0.4, -0.2) is 29.6 Å². The van der Waals surface area contributed by atoms with Crippen LogP contribution >= 0.6 is 11.6 Å². The summed E-state index contributed by atoms with van der Waals surface area (Å²) in [4.78, 5) is 30.3. The number of rotatable bonds is 6. The fourth-order valence-electron chi connectivity index (χ4n) is 3.60. The summed E-state index contributed by atoms with van der Waals surface area (Å²) < 4.78 is 20.7. The van der Waals surface area contributed by atoms with Gasteiger partial charge in [0.05, 0.1) is 29.0 Å². The summed E-state index contributed by atoms with van der Waals surface area (Å²) in [5.41, 5.74) is 2.19. The van der Waals surface area contributed by atoms with Gasteiger partial charge in [-0.05, 0) is 63.9 Å². The monoisotopic (exact) mass is 509 g/mol. The quantitative estimate of drug-likeness (QED) is 0.405. The zero-order valence-electron chi connectivity index (χ0n) is 20.5. The number of aryl methyl sites for hydroxylation is 3. The Morgan fingerprint density at radius 1 is 1.06 bits per heavy atom. The Kier molecular flexibility index (Phi) is 6.88.